The van der Waals surface area contributed by atoms with Crippen LogP contribution in [0.15, 0.2) is 22.2 Å². The summed E-state index contributed by atoms with van der Waals surface area (Å²) in [5.74, 6) is 0.747. The molecule has 0 aliphatic carbocycles. The Bertz CT molecular complexity index is 188. The minimum Gasteiger partial charge on any atom is -0.0914 e. The summed E-state index contributed by atoms with van der Waals surface area (Å²) in [6.45, 7) is 8.04. The van der Waals surface area contributed by atoms with E-state index >= 15 is 0 Å². The highest BCUT2D eigenvalue weighted by atomic mass is 35.5. The molecule has 70 valence electrons. The molecule has 0 aromatic carbocycles. The van der Waals surface area contributed by atoms with Gasteiger partial charge in [-0.15, -0.1) is 0 Å². The Balaban J connectivity index is 4.39. The molecule has 0 bridgehead atoms. The van der Waals surface area contributed by atoms with Gasteiger partial charge < -0.3 is 0 Å². The molecule has 2 heteroatoms. The topological polar surface area (TPSA) is 0 Å². The Hall–Kier alpha value is 0.0600. The summed E-state index contributed by atoms with van der Waals surface area (Å²) in [5.41, 5.74) is 0. The lowest BCUT2D eigenvalue weighted by Gasteiger charge is -2.16. The maximum Gasteiger partial charge on any atom is 0.0356 e. The van der Waals surface area contributed by atoms with E-state index in [1.165, 1.54) is 0 Å². The molecule has 0 radical (unpaired) electrons. The lowest BCUT2D eigenvalue weighted by Crippen LogP contribution is -2.05. The maximum atomic E-state index is 6.01. The summed E-state index contributed by atoms with van der Waals surface area (Å²) < 4.78 is 0. The molecule has 12 heavy (non-hydrogen) atoms. The molecule has 0 aromatic heterocycles. The van der Waals surface area contributed by atoms with Gasteiger partial charge in [-0.3, -0.25) is 0 Å². The first-order valence-corrected chi connectivity index (χ1v) is 4.90. The maximum absolute atomic E-state index is 6.01. The minimum absolute atomic E-state index is 0.306. The molecule has 2 unspecified atom stereocenters. The highest BCUT2D eigenvalue weighted by Gasteiger charge is 2.13. The lowest BCUT2D eigenvalue weighted by atomic mass is 9.95. The Labute approximate surface area is 85.3 Å². The molecule has 0 aliphatic rings. The molecule has 0 heterocycles. The van der Waals surface area contributed by atoms with Crippen LogP contribution in [0.5, 0.6) is 0 Å². The second-order valence-electron chi connectivity index (χ2n) is 3.05. The molecule has 0 nitrogen and oxygen atoms in total. The zero-order valence-electron chi connectivity index (χ0n) is 8.07. The Morgan fingerprint density at radius 2 is 1.75 bits per heavy atom. The molecular weight excluding hydrogens is 191 g/mol. The van der Waals surface area contributed by atoms with Gasteiger partial charge in [0.05, 0.1) is 0 Å². The zero-order chi connectivity index (χ0) is 9.72. The number of hydrogen-bond acceptors (Lipinski definition) is 0. The third-order valence-corrected chi connectivity index (χ3v) is 2.94. The second-order valence-corrected chi connectivity index (χ2v) is 4.03. The van der Waals surface area contributed by atoms with Gasteiger partial charge in [-0.2, -0.15) is 0 Å². The normalized spacial score (nSPS) is 19.2. The molecule has 0 amide bonds. The second kappa shape index (κ2) is 5.66. The van der Waals surface area contributed by atoms with E-state index in [-0.39, 0.29) is 0 Å². The summed E-state index contributed by atoms with van der Waals surface area (Å²) in [6.07, 6.45) is 4.17. The van der Waals surface area contributed by atoms with Gasteiger partial charge in [-0.05, 0) is 25.7 Å². The van der Waals surface area contributed by atoms with Crippen LogP contribution < -0.4 is 0 Å². The van der Waals surface area contributed by atoms with Crippen LogP contribution >= 0.6 is 23.2 Å². The van der Waals surface area contributed by atoms with Crippen LogP contribution in [-0.2, 0) is 0 Å². The summed E-state index contributed by atoms with van der Waals surface area (Å²) in [5, 5.41) is 1.46. The number of rotatable bonds is 3. The van der Waals surface area contributed by atoms with Gasteiger partial charge in [0.1, 0.15) is 0 Å². The van der Waals surface area contributed by atoms with Crippen LogP contribution in [0.25, 0.3) is 0 Å². The minimum atomic E-state index is 0.306. The van der Waals surface area contributed by atoms with Crippen molar-refractivity contribution in [2.75, 3.05) is 0 Å². The van der Waals surface area contributed by atoms with Gasteiger partial charge in [-0.1, -0.05) is 49.2 Å². The van der Waals surface area contributed by atoms with Crippen molar-refractivity contribution in [3.63, 3.8) is 0 Å². The molecule has 2 atom stereocenters. The molecule has 0 saturated heterocycles. The summed E-state index contributed by atoms with van der Waals surface area (Å²) in [7, 11) is 0. The van der Waals surface area contributed by atoms with E-state index in [1.807, 2.05) is 19.9 Å². The lowest BCUT2D eigenvalue weighted by molar-refractivity contribution is 0.547. The quantitative estimate of drug-likeness (QED) is 0.596. The standard InChI is InChI=1S/C10H16Cl2/c1-5-6-7(2)8(3)10(12)9(4)11/h5-8H,1-4H3/b6-5+,10-9-. The first-order chi connectivity index (χ1) is 5.50. The molecule has 0 aromatic rings. The number of halogens is 2. The Morgan fingerprint density at radius 3 is 2.08 bits per heavy atom. The fraction of sp³-hybridized carbons (Fsp3) is 0.600. The van der Waals surface area contributed by atoms with Gasteiger partial charge in [0.2, 0.25) is 0 Å². The van der Waals surface area contributed by atoms with Crippen LogP contribution in [0, 0.1) is 11.8 Å². The summed E-state index contributed by atoms with van der Waals surface area (Å²) in [4.78, 5) is 0. The van der Waals surface area contributed by atoms with Crippen molar-refractivity contribution >= 4 is 23.2 Å². The molecule has 0 fully saturated rings. The van der Waals surface area contributed by atoms with Crippen LogP contribution in [0.4, 0.5) is 0 Å². The van der Waals surface area contributed by atoms with Gasteiger partial charge >= 0.3 is 0 Å². The van der Waals surface area contributed by atoms with Gasteiger partial charge in [0.25, 0.3) is 0 Å². The SMILES string of the molecule is C/C=C/C(C)C(C)/C(Cl)=C(\C)Cl. The van der Waals surface area contributed by atoms with E-state index in [0.29, 0.717) is 16.9 Å². The van der Waals surface area contributed by atoms with Crippen molar-refractivity contribution in [1.82, 2.24) is 0 Å². The van der Waals surface area contributed by atoms with Gasteiger partial charge in [0.15, 0.2) is 0 Å². The molecule has 0 N–H and O–H groups in total. The monoisotopic (exact) mass is 206 g/mol. The average molecular weight is 207 g/mol. The molecule has 0 spiro atoms. The Kier molecular flexibility index (Phi) is 5.69. The van der Waals surface area contributed by atoms with E-state index in [1.54, 1.807) is 0 Å². The highest BCUT2D eigenvalue weighted by Crippen LogP contribution is 2.28. The third kappa shape index (κ3) is 3.64. The summed E-state index contributed by atoms with van der Waals surface area (Å²) >= 11 is 11.8. The average Bonchev–Trinajstić information content (AvgIpc) is 2.02. The van der Waals surface area contributed by atoms with Crippen LogP contribution in [0.1, 0.15) is 27.7 Å². The van der Waals surface area contributed by atoms with Crippen molar-refractivity contribution in [1.29, 1.82) is 0 Å². The van der Waals surface area contributed by atoms with Gasteiger partial charge in [0, 0.05) is 10.1 Å². The first kappa shape index (κ1) is 12.1. The van der Waals surface area contributed by atoms with Crippen LogP contribution in [0.2, 0.25) is 0 Å². The number of allylic oxidation sites excluding steroid dienone is 4. The smallest absolute Gasteiger partial charge is 0.0356 e. The Morgan fingerprint density at radius 1 is 1.25 bits per heavy atom. The molecule has 0 aliphatic heterocycles. The largest absolute Gasteiger partial charge is 0.0914 e. The van der Waals surface area contributed by atoms with E-state index < -0.39 is 0 Å². The first-order valence-electron chi connectivity index (χ1n) is 4.15. The van der Waals surface area contributed by atoms with Gasteiger partial charge in [-0.25, -0.2) is 0 Å². The van der Waals surface area contributed by atoms with E-state index in [4.69, 9.17) is 23.2 Å². The highest BCUT2D eigenvalue weighted by molar-refractivity contribution is 6.39. The fourth-order valence-corrected chi connectivity index (χ4v) is 1.39. The third-order valence-electron chi connectivity index (χ3n) is 2.01. The molecule has 0 saturated carbocycles. The van der Waals surface area contributed by atoms with Crippen molar-refractivity contribution in [2.45, 2.75) is 27.7 Å². The van der Waals surface area contributed by atoms with E-state index in [9.17, 15) is 0 Å². The van der Waals surface area contributed by atoms with Crippen molar-refractivity contribution < 1.29 is 0 Å². The summed E-state index contributed by atoms with van der Waals surface area (Å²) in [6, 6.07) is 0. The van der Waals surface area contributed by atoms with Crippen LogP contribution in [-0.4, -0.2) is 0 Å². The van der Waals surface area contributed by atoms with E-state index in [2.05, 4.69) is 19.9 Å². The van der Waals surface area contributed by atoms with E-state index in [0.717, 1.165) is 5.03 Å². The zero-order valence-corrected chi connectivity index (χ0v) is 9.58. The number of hydrogen-bond donors (Lipinski definition) is 0. The predicted octanol–water partition coefficient (Wildman–Crippen LogP) is 4.54. The van der Waals surface area contributed by atoms with Crippen molar-refractivity contribution in [3.8, 4) is 0 Å². The predicted molar refractivity (Wildman–Crippen MR) is 57.5 cm³/mol. The van der Waals surface area contributed by atoms with Crippen molar-refractivity contribution in [3.05, 3.63) is 22.2 Å². The fourth-order valence-electron chi connectivity index (χ4n) is 1.01. The molecule has 0 rings (SSSR count). The molecular formula is C10H16Cl2. The van der Waals surface area contributed by atoms with Crippen LogP contribution in [0.3, 0.4) is 0 Å². The van der Waals surface area contributed by atoms with Crippen molar-refractivity contribution in [2.24, 2.45) is 11.8 Å².